The third kappa shape index (κ3) is 3.84. The van der Waals surface area contributed by atoms with Gasteiger partial charge in [-0.2, -0.15) is 5.10 Å². The second kappa shape index (κ2) is 7.93. The highest BCUT2D eigenvalue weighted by Crippen LogP contribution is 2.26. The average molecular weight is 389 g/mol. The molecule has 29 heavy (non-hydrogen) atoms. The Bertz CT molecular complexity index is 1180. The molecule has 4 aromatic rings. The Labute approximate surface area is 166 Å². The molecule has 0 atom stereocenters. The van der Waals surface area contributed by atoms with E-state index >= 15 is 0 Å². The summed E-state index contributed by atoms with van der Waals surface area (Å²) < 4.78 is 6.38. The van der Waals surface area contributed by atoms with Gasteiger partial charge < -0.3 is 10.3 Å². The number of nitrogen functional groups attached to an aromatic ring is 1. The Morgan fingerprint density at radius 1 is 1.21 bits per heavy atom. The fourth-order valence-electron chi connectivity index (χ4n) is 2.96. The lowest BCUT2D eigenvalue weighted by molar-refractivity contribution is -0.121. The molecule has 2 aromatic carbocycles. The number of nitrogens with one attached hydrogen (secondary N) is 1. The molecule has 0 saturated heterocycles. The van der Waals surface area contributed by atoms with E-state index in [0.717, 1.165) is 17.5 Å². The lowest BCUT2D eigenvalue weighted by Gasteiger charge is -2.06. The molecular weight excluding hydrogens is 370 g/mol. The quantitative estimate of drug-likeness (QED) is 0.385. The molecule has 146 valence electrons. The molecule has 0 bridgehead atoms. The second-order valence-corrected chi connectivity index (χ2v) is 6.40. The van der Waals surface area contributed by atoms with Crippen LogP contribution >= 0.6 is 0 Å². The third-order valence-electron chi connectivity index (χ3n) is 4.47. The largest absolute Gasteiger partial charge is 0.379 e. The number of carbonyl (C=O) groups excluding carboxylic acids is 1. The van der Waals surface area contributed by atoms with Gasteiger partial charge in [0.2, 0.25) is 0 Å². The summed E-state index contributed by atoms with van der Waals surface area (Å²) in [6.45, 7) is 2.08. The van der Waals surface area contributed by atoms with Crippen LogP contribution in [-0.4, -0.2) is 32.0 Å². The predicted molar refractivity (Wildman–Crippen MR) is 109 cm³/mol. The van der Waals surface area contributed by atoms with Crippen molar-refractivity contribution in [1.29, 1.82) is 0 Å². The van der Waals surface area contributed by atoms with Gasteiger partial charge in [-0.15, -0.1) is 0 Å². The molecule has 0 unspecified atom stereocenters. The van der Waals surface area contributed by atoms with Gasteiger partial charge in [0.25, 0.3) is 5.91 Å². The zero-order valence-corrected chi connectivity index (χ0v) is 15.7. The van der Waals surface area contributed by atoms with E-state index < -0.39 is 0 Å². The van der Waals surface area contributed by atoms with Crippen LogP contribution < -0.4 is 11.2 Å². The van der Waals surface area contributed by atoms with Crippen LogP contribution in [0.25, 0.3) is 22.6 Å². The molecule has 0 fully saturated rings. The molecule has 0 aliphatic rings. The smallest absolute Gasteiger partial charge is 0.260 e. The highest BCUT2D eigenvalue weighted by molar-refractivity contribution is 5.86. The Morgan fingerprint density at radius 3 is 2.72 bits per heavy atom. The summed E-state index contributed by atoms with van der Waals surface area (Å²) in [4.78, 5) is 17.0. The number of fused-ring (bicyclic) bond motifs is 1. The van der Waals surface area contributed by atoms with Crippen LogP contribution in [-0.2, 0) is 17.8 Å². The summed E-state index contributed by atoms with van der Waals surface area (Å²) in [6.07, 6.45) is 2.57. The topological polar surface area (TPSA) is 124 Å². The van der Waals surface area contributed by atoms with Gasteiger partial charge in [-0.3, -0.25) is 4.79 Å². The van der Waals surface area contributed by atoms with Gasteiger partial charge in [0.15, 0.2) is 17.3 Å². The molecule has 4 rings (SSSR count). The van der Waals surface area contributed by atoms with E-state index in [1.807, 2.05) is 48.5 Å². The minimum absolute atomic E-state index is 0.0196. The summed E-state index contributed by atoms with van der Waals surface area (Å²) in [5.74, 6) is 0.195. The number of nitrogens with two attached hydrogens (primary N) is 1. The first kappa shape index (κ1) is 18.4. The maximum atomic E-state index is 12.5. The number of hydrogen-bond donors (Lipinski definition) is 2. The fraction of sp³-hybridized carbons (Fsp3) is 0.150. The summed E-state index contributed by atoms with van der Waals surface area (Å²) in [5, 5.41) is 11.4. The molecule has 9 nitrogen and oxygen atoms in total. The van der Waals surface area contributed by atoms with Crippen LogP contribution in [0, 0.1) is 0 Å². The van der Waals surface area contributed by atoms with Crippen LogP contribution in [0.1, 0.15) is 18.1 Å². The SMILES string of the molecule is CCc1ccc(/C=N/NC(=O)Cn2c(-c3nonc3N)nc3ccccc32)cc1. The molecule has 1 amide bonds. The monoisotopic (exact) mass is 389 g/mol. The minimum atomic E-state index is -0.314. The maximum absolute atomic E-state index is 12.5. The van der Waals surface area contributed by atoms with Gasteiger partial charge in [0.1, 0.15) is 6.54 Å². The molecule has 0 aliphatic heterocycles. The van der Waals surface area contributed by atoms with Crippen molar-refractivity contribution in [3.8, 4) is 11.5 Å². The molecule has 2 heterocycles. The zero-order chi connectivity index (χ0) is 20.2. The van der Waals surface area contributed by atoms with Crippen molar-refractivity contribution >= 4 is 29.0 Å². The van der Waals surface area contributed by atoms with E-state index in [-0.39, 0.29) is 24.0 Å². The lowest BCUT2D eigenvalue weighted by Crippen LogP contribution is -2.23. The van der Waals surface area contributed by atoms with Crippen LogP contribution in [0.4, 0.5) is 5.82 Å². The van der Waals surface area contributed by atoms with Crippen LogP contribution in [0.15, 0.2) is 58.3 Å². The highest BCUT2D eigenvalue weighted by Gasteiger charge is 2.20. The summed E-state index contributed by atoms with van der Waals surface area (Å²) in [6, 6.07) is 15.4. The van der Waals surface area contributed by atoms with Gasteiger partial charge in [-0.1, -0.05) is 43.3 Å². The van der Waals surface area contributed by atoms with Crippen molar-refractivity contribution in [2.75, 3.05) is 5.73 Å². The van der Waals surface area contributed by atoms with Crippen molar-refractivity contribution in [2.45, 2.75) is 19.9 Å². The number of imidazole rings is 1. The van der Waals surface area contributed by atoms with Crippen molar-refractivity contribution in [3.63, 3.8) is 0 Å². The van der Waals surface area contributed by atoms with E-state index in [0.29, 0.717) is 11.3 Å². The first-order chi connectivity index (χ1) is 14.2. The van der Waals surface area contributed by atoms with Crippen molar-refractivity contribution in [3.05, 3.63) is 59.7 Å². The number of anilines is 1. The standard InChI is InChI=1S/C20H19N7O2/c1-2-13-7-9-14(10-8-13)11-22-24-17(28)12-27-16-6-4-3-5-15(16)23-20(27)18-19(21)26-29-25-18/h3-11H,2,12H2,1H3,(H2,21,26)(H,24,28)/b22-11+. The number of para-hydroxylation sites is 2. The van der Waals surface area contributed by atoms with Gasteiger partial charge >= 0.3 is 0 Å². The van der Waals surface area contributed by atoms with Crippen LogP contribution in [0.3, 0.4) is 0 Å². The first-order valence-corrected chi connectivity index (χ1v) is 9.10. The Balaban J connectivity index is 1.54. The van der Waals surface area contributed by atoms with E-state index in [9.17, 15) is 4.79 Å². The minimum Gasteiger partial charge on any atom is -0.379 e. The van der Waals surface area contributed by atoms with Gasteiger partial charge in [-0.25, -0.2) is 15.0 Å². The summed E-state index contributed by atoms with van der Waals surface area (Å²) in [7, 11) is 0. The number of hydrazone groups is 1. The number of benzene rings is 2. The maximum Gasteiger partial charge on any atom is 0.260 e. The van der Waals surface area contributed by atoms with Crippen molar-refractivity contribution < 1.29 is 9.42 Å². The molecule has 9 heteroatoms. The molecule has 0 radical (unpaired) electrons. The molecule has 0 saturated carbocycles. The fourth-order valence-corrected chi connectivity index (χ4v) is 2.96. The first-order valence-electron chi connectivity index (χ1n) is 9.10. The molecule has 3 N–H and O–H groups in total. The third-order valence-corrected chi connectivity index (χ3v) is 4.47. The molecule has 0 spiro atoms. The molecule has 0 aliphatic carbocycles. The number of aryl methyl sites for hydroxylation is 1. The van der Waals surface area contributed by atoms with Crippen LogP contribution in [0.2, 0.25) is 0 Å². The molecular formula is C20H19N7O2. The van der Waals surface area contributed by atoms with Gasteiger partial charge in [0.05, 0.1) is 17.2 Å². The van der Waals surface area contributed by atoms with Crippen LogP contribution in [0.5, 0.6) is 0 Å². The molecule has 2 aromatic heterocycles. The lowest BCUT2D eigenvalue weighted by atomic mass is 10.1. The Kier molecular flexibility index (Phi) is 5.02. The normalized spacial score (nSPS) is 11.3. The number of rotatable bonds is 6. The van der Waals surface area contributed by atoms with E-state index in [4.69, 9.17) is 5.73 Å². The second-order valence-electron chi connectivity index (χ2n) is 6.40. The number of amides is 1. The average Bonchev–Trinajstić information content (AvgIpc) is 3.32. The van der Waals surface area contributed by atoms with Gasteiger partial charge in [0, 0.05) is 0 Å². The number of aromatic nitrogens is 4. The Hall–Kier alpha value is -4.01. The van der Waals surface area contributed by atoms with E-state index in [1.54, 1.807) is 10.8 Å². The highest BCUT2D eigenvalue weighted by atomic mass is 16.6. The number of hydrogen-bond acceptors (Lipinski definition) is 7. The van der Waals surface area contributed by atoms with Crippen molar-refractivity contribution in [1.82, 2.24) is 25.3 Å². The van der Waals surface area contributed by atoms with Crippen molar-refractivity contribution in [2.24, 2.45) is 5.10 Å². The number of carbonyl (C=O) groups is 1. The van der Waals surface area contributed by atoms with Gasteiger partial charge in [-0.05, 0) is 40.0 Å². The predicted octanol–water partition coefficient (Wildman–Crippen LogP) is 2.38. The summed E-state index contributed by atoms with van der Waals surface area (Å²) in [5.41, 5.74) is 12.3. The summed E-state index contributed by atoms with van der Waals surface area (Å²) >= 11 is 0. The number of nitrogens with zero attached hydrogens (tertiary/aromatic N) is 5. The van der Waals surface area contributed by atoms with E-state index in [1.165, 1.54) is 5.56 Å². The zero-order valence-electron chi connectivity index (χ0n) is 15.7. The Morgan fingerprint density at radius 2 is 2.00 bits per heavy atom. The van der Waals surface area contributed by atoms with E-state index in [2.05, 4.69) is 37.4 Å².